The molecule has 1 aromatic carbocycles. The van der Waals surface area contributed by atoms with Crippen molar-refractivity contribution in [1.82, 2.24) is 0 Å². The van der Waals surface area contributed by atoms with Gasteiger partial charge in [0.2, 0.25) is 0 Å². The van der Waals surface area contributed by atoms with Crippen molar-refractivity contribution in [2.24, 2.45) is 0 Å². The summed E-state index contributed by atoms with van der Waals surface area (Å²) in [6, 6.07) is 4.88. The van der Waals surface area contributed by atoms with E-state index >= 15 is 0 Å². The Labute approximate surface area is 98.8 Å². The molecule has 1 aliphatic heterocycles. The van der Waals surface area contributed by atoms with Crippen LogP contribution in [0.2, 0.25) is 0 Å². The molecule has 0 bridgehead atoms. The molecule has 1 N–H and O–H groups in total. The lowest BCUT2D eigenvalue weighted by molar-refractivity contribution is 0.127. The van der Waals surface area contributed by atoms with Crippen LogP contribution in [-0.4, -0.2) is 23.1 Å². The Balaban J connectivity index is 2.09. The number of ether oxygens (including phenoxy) is 1. The van der Waals surface area contributed by atoms with Gasteiger partial charge in [-0.1, -0.05) is 6.07 Å². The van der Waals surface area contributed by atoms with E-state index in [0.717, 1.165) is 13.0 Å². The number of halogens is 1. The molecule has 88 valence electrons. The Kier molecular flexibility index (Phi) is 3.84. The largest absolute Gasteiger partial charge is 0.392 e. The maximum Gasteiger partial charge on any atom is 0.137 e. The Morgan fingerprint density at radius 3 is 2.94 bits per heavy atom. The molecule has 0 aliphatic carbocycles. The first kappa shape index (κ1) is 11.9. The van der Waals surface area contributed by atoms with Crippen LogP contribution in [0.5, 0.6) is 0 Å². The molecule has 16 heavy (non-hydrogen) atoms. The number of hydrogen-bond acceptors (Lipinski definition) is 3. The van der Waals surface area contributed by atoms with Gasteiger partial charge in [-0.3, -0.25) is 0 Å². The number of thioether (sulfide) groups is 1. The predicted octanol–water partition coefficient (Wildman–Crippen LogP) is 2.59. The van der Waals surface area contributed by atoms with Gasteiger partial charge in [-0.25, -0.2) is 4.39 Å². The van der Waals surface area contributed by atoms with Crippen LogP contribution in [0.25, 0.3) is 0 Å². The SMILES string of the molecule is CC1OCCC1Sc1ccc(CO)cc1F. The van der Waals surface area contributed by atoms with Gasteiger partial charge < -0.3 is 9.84 Å². The second-order valence-corrected chi connectivity index (χ2v) is 5.22. The normalized spacial score (nSPS) is 24.9. The van der Waals surface area contributed by atoms with Crippen LogP contribution in [0.1, 0.15) is 18.9 Å². The molecule has 0 radical (unpaired) electrons. The highest BCUT2D eigenvalue weighted by Crippen LogP contribution is 2.34. The first-order valence-corrected chi connectivity index (χ1v) is 6.26. The van der Waals surface area contributed by atoms with E-state index in [1.807, 2.05) is 6.92 Å². The van der Waals surface area contributed by atoms with Crippen molar-refractivity contribution in [2.75, 3.05) is 6.61 Å². The van der Waals surface area contributed by atoms with Crippen LogP contribution in [0.15, 0.2) is 23.1 Å². The highest BCUT2D eigenvalue weighted by molar-refractivity contribution is 8.00. The second-order valence-electron chi connectivity index (χ2n) is 3.94. The highest BCUT2D eigenvalue weighted by Gasteiger charge is 2.25. The topological polar surface area (TPSA) is 29.5 Å². The molecule has 1 fully saturated rings. The molecule has 2 unspecified atom stereocenters. The Bertz CT molecular complexity index is 370. The zero-order valence-corrected chi connectivity index (χ0v) is 9.97. The first-order chi connectivity index (χ1) is 7.70. The van der Waals surface area contributed by atoms with Gasteiger partial charge in [0.25, 0.3) is 0 Å². The van der Waals surface area contributed by atoms with Gasteiger partial charge in [0, 0.05) is 16.8 Å². The van der Waals surface area contributed by atoms with Gasteiger partial charge in [0.05, 0.1) is 12.7 Å². The first-order valence-electron chi connectivity index (χ1n) is 5.38. The summed E-state index contributed by atoms with van der Waals surface area (Å²) in [5, 5.41) is 9.21. The van der Waals surface area contributed by atoms with Crippen LogP contribution in [0.3, 0.4) is 0 Å². The van der Waals surface area contributed by atoms with Crippen LogP contribution in [0.4, 0.5) is 4.39 Å². The van der Waals surface area contributed by atoms with Crippen molar-refractivity contribution < 1.29 is 14.2 Å². The average molecular weight is 242 g/mol. The summed E-state index contributed by atoms with van der Waals surface area (Å²) in [4.78, 5) is 0.638. The minimum absolute atomic E-state index is 0.120. The molecule has 0 amide bonds. The fourth-order valence-corrected chi connectivity index (χ4v) is 2.90. The van der Waals surface area contributed by atoms with E-state index < -0.39 is 0 Å². The van der Waals surface area contributed by atoms with Crippen LogP contribution >= 0.6 is 11.8 Å². The fourth-order valence-electron chi connectivity index (χ4n) is 1.77. The smallest absolute Gasteiger partial charge is 0.137 e. The average Bonchev–Trinajstić information content (AvgIpc) is 2.67. The highest BCUT2D eigenvalue weighted by atomic mass is 32.2. The standard InChI is InChI=1S/C12H15FO2S/c1-8-11(4-5-15-8)16-12-3-2-9(7-14)6-10(12)13/h2-3,6,8,11,14H,4-5,7H2,1H3. The monoisotopic (exact) mass is 242 g/mol. The maximum absolute atomic E-state index is 13.6. The van der Waals surface area contributed by atoms with Gasteiger partial charge in [-0.05, 0) is 31.0 Å². The molecule has 1 aliphatic rings. The van der Waals surface area contributed by atoms with Gasteiger partial charge in [-0.2, -0.15) is 0 Å². The zero-order chi connectivity index (χ0) is 11.5. The molecular formula is C12H15FO2S. The van der Waals surface area contributed by atoms with Crippen molar-refractivity contribution in [3.63, 3.8) is 0 Å². The summed E-state index contributed by atoms with van der Waals surface area (Å²) in [6.45, 7) is 2.66. The summed E-state index contributed by atoms with van der Waals surface area (Å²) >= 11 is 1.52. The molecule has 4 heteroatoms. The molecule has 0 spiro atoms. The molecule has 2 atom stereocenters. The molecule has 1 saturated heterocycles. The van der Waals surface area contributed by atoms with Gasteiger partial charge >= 0.3 is 0 Å². The molecule has 2 nitrogen and oxygen atoms in total. The summed E-state index contributed by atoms with van der Waals surface area (Å²) < 4.78 is 19.1. The number of rotatable bonds is 3. The van der Waals surface area contributed by atoms with E-state index in [0.29, 0.717) is 15.7 Å². The van der Waals surface area contributed by atoms with Crippen molar-refractivity contribution >= 4 is 11.8 Å². The van der Waals surface area contributed by atoms with Crippen LogP contribution < -0.4 is 0 Å². The Morgan fingerprint density at radius 2 is 2.38 bits per heavy atom. The molecule has 0 aromatic heterocycles. The maximum atomic E-state index is 13.6. The summed E-state index contributed by atoms with van der Waals surface area (Å²) in [6.07, 6.45) is 1.15. The lowest BCUT2D eigenvalue weighted by Crippen LogP contribution is -2.13. The number of aliphatic hydroxyl groups excluding tert-OH is 1. The van der Waals surface area contributed by atoms with E-state index in [1.165, 1.54) is 17.8 Å². The predicted molar refractivity (Wildman–Crippen MR) is 62.0 cm³/mol. The van der Waals surface area contributed by atoms with Crippen LogP contribution in [0, 0.1) is 5.82 Å². The molecular weight excluding hydrogens is 227 g/mol. The zero-order valence-electron chi connectivity index (χ0n) is 9.15. The minimum Gasteiger partial charge on any atom is -0.392 e. The third-order valence-corrected chi connectivity index (χ3v) is 4.27. The van der Waals surface area contributed by atoms with E-state index in [1.54, 1.807) is 12.1 Å². The van der Waals surface area contributed by atoms with Crippen molar-refractivity contribution in [1.29, 1.82) is 0 Å². The van der Waals surface area contributed by atoms with Gasteiger partial charge in [-0.15, -0.1) is 11.8 Å². The van der Waals surface area contributed by atoms with E-state index in [4.69, 9.17) is 9.84 Å². The molecule has 1 aromatic rings. The minimum atomic E-state index is -0.254. The molecule has 0 saturated carbocycles. The fraction of sp³-hybridized carbons (Fsp3) is 0.500. The summed E-state index contributed by atoms with van der Waals surface area (Å²) in [5.41, 5.74) is 0.609. The third kappa shape index (κ3) is 2.56. The summed E-state index contributed by atoms with van der Waals surface area (Å²) in [5.74, 6) is -0.254. The molecule has 2 rings (SSSR count). The summed E-state index contributed by atoms with van der Waals surface area (Å²) in [7, 11) is 0. The van der Waals surface area contributed by atoms with Crippen molar-refractivity contribution in [3.05, 3.63) is 29.6 Å². The Morgan fingerprint density at radius 1 is 1.56 bits per heavy atom. The van der Waals surface area contributed by atoms with E-state index in [-0.39, 0.29) is 18.5 Å². The van der Waals surface area contributed by atoms with E-state index in [9.17, 15) is 4.39 Å². The van der Waals surface area contributed by atoms with E-state index in [2.05, 4.69) is 0 Å². The lowest BCUT2D eigenvalue weighted by atomic mass is 10.2. The number of hydrogen-bond donors (Lipinski definition) is 1. The number of aliphatic hydroxyl groups is 1. The van der Waals surface area contributed by atoms with Crippen LogP contribution in [-0.2, 0) is 11.3 Å². The lowest BCUT2D eigenvalue weighted by Gasteiger charge is -2.14. The second kappa shape index (κ2) is 5.17. The molecule has 1 heterocycles. The van der Waals surface area contributed by atoms with Crippen molar-refractivity contribution in [3.8, 4) is 0 Å². The van der Waals surface area contributed by atoms with Gasteiger partial charge in [0.15, 0.2) is 0 Å². The van der Waals surface area contributed by atoms with Gasteiger partial charge in [0.1, 0.15) is 5.82 Å². The third-order valence-electron chi connectivity index (χ3n) is 2.76. The quantitative estimate of drug-likeness (QED) is 0.883. The number of benzene rings is 1. The van der Waals surface area contributed by atoms with Crippen molar-refractivity contribution in [2.45, 2.75) is 36.2 Å². The Hall–Kier alpha value is -0.580.